The summed E-state index contributed by atoms with van der Waals surface area (Å²) in [7, 11) is -3.96. The van der Waals surface area contributed by atoms with Gasteiger partial charge in [-0.15, -0.1) is 11.3 Å². The van der Waals surface area contributed by atoms with Crippen molar-refractivity contribution in [2.45, 2.75) is 23.3 Å². The Balaban J connectivity index is 1.82. The second-order valence-electron chi connectivity index (χ2n) is 5.75. The summed E-state index contributed by atoms with van der Waals surface area (Å²) in [6.45, 7) is -0.163. The first-order chi connectivity index (χ1) is 11.3. The first kappa shape index (κ1) is 17.0. The Kier molecular flexibility index (Phi) is 4.43. The number of sulfonamides is 1. The monoisotopic (exact) mass is 368 g/mol. The van der Waals surface area contributed by atoms with Crippen molar-refractivity contribution in [3.8, 4) is 0 Å². The van der Waals surface area contributed by atoms with Gasteiger partial charge in [0.2, 0.25) is 10.0 Å². The molecule has 3 rings (SSSR count). The van der Waals surface area contributed by atoms with Crippen molar-refractivity contribution in [3.63, 3.8) is 0 Å². The van der Waals surface area contributed by atoms with Gasteiger partial charge in [0.25, 0.3) is 5.69 Å². The molecule has 0 amide bonds. The van der Waals surface area contributed by atoms with Crippen molar-refractivity contribution in [2.75, 3.05) is 6.54 Å². The van der Waals surface area contributed by atoms with Gasteiger partial charge in [0.1, 0.15) is 5.60 Å². The molecule has 2 aromatic rings. The summed E-state index contributed by atoms with van der Waals surface area (Å²) in [6.07, 6.45) is 1.68. The summed E-state index contributed by atoms with van der Waals surface area (Å²) in [5.41, 5.74) is -1.55. The van der Waals surface area contributed by atoms with Crippen LogP contribution in [0.3, 0.4) is 0 Å². The van der Waals surface area contributed by atoms with Crippen LogP contribution >= 0.6 is 11.3 Å². The normalized spacial score (nSPS) is 17.4. The Labute approximate surface area is 143 Å². The number of rotatable bonds is 7. The second-order valence-corrected chi connectivity index (χ2v) is 8.47. The minimum absolute atomic E-state index is 0.0176. The van der Waals surface area contributed by atoms with E-state index >= 15 is 0 Å². The number of nitrogens with zero attached hydrogens (tertiary/aromatic N) is 1. The summed E-state index contributed by atoms with van der Waals surface area (Å²) in [4.78, 5) is 10.7. The molecule has 2 N–H and O–H groups in total. The second kappa shape index (κ2) is 6.25. The number of benzene rings is 1. The van der Waals surface area contributed by atoms with E-state index in [2.05, 4.69) is 4.72 Å². The predicted octanol–water partition coefficient (Wildman–Crippen LogP) is 2.23. The molecule has 24 heavy (non-hydrogen) atoms. The average Bonchev–Trinajstić information content (AvgIpc) is 3.28. The molecule has 1 aromatic heterocycles. The Hall–Kier alpha value is -1.81. The molecule has 0 spiro atoms. The van der Waals surface area contributed by atoms with E-state index in [-0.39, 0.29) is 23.0 Å². The van der Waals surface area contributed by atoms with Crippen LogP contribution in [-0.4, -0.2) is 25.0 Å². The fourth-order valence-corrected chi connectivity index (χ4v) is 4.59. The molecule has 1 aliphatic carbocycles. The zero-order chi connectivity index (χ0) is 17.4. The van der Waals surface area contributed by atoms with Gasteiger partial charge in [-0.3, -0.25) is 10.1 Å². The maximum atomic E-state index is 12.4. The van der Waals surface area contributed by atoms with Crippen molar-refractivity contribution >= 4 is 27.0 Å². The first-order valence-electron chi connectivity index (χ1n) is 7.33. The number of hydrogen-bond acceptors (Lipinski definition) is 6. The standard InChI is InChI=1S/C15H16N2O5S2/c18-15(11-6-7-11,14-5-2-8-23-14)10-16-24(21,22)13-4-1-3-12(9-13)17(19)20/h1-5,8-9,11,16,18H,6-7,10H2. The smallest absolute Gasteiger partial charge is 0.270 e. The van der Waals surface area contributed by atoms with Crippen molar-refractivity contribution < 1.29 is 18.4 Å². The van der Waals surface area contributed by atoms with Gasteiger partial charge in [0.05, 0.1) is 9.82 Å². The molecule has 1 heterocycles. The Morgan fingerprint density at radius 1 is 1.33 bits per heavy atom. The Morgan fingerprint density at radius 2 is 2.08 bits per heavy atom. The van der Waals surface area contributed by atoms with Crippen molar-refractivity contribution in [2.24, 2.45) is 5.92 Å². The number of hydrogen-bond donors (Lipinski definition) is 2. The molecule has 1 unspecified atom stereocenters. The number of nitro groups is 1. The molecule has 0 bridgehead atoms. The quantitative estimate of drug-likeness (QED) is 0.575. The summed E-state index contributed by atoms with van der Waals surface area (Å²) in [6, 6.07) is 8.43. The first-order valence-corrected chi connectivity index (χ1v) is 9.70. The molecule has 1 saturated carbocycles. The van der Waals surface area contributed by atoms with E-state index in [4.69, 9.17) is 0 Å². The SMILES string of the molecule is O=[N+]([O-])c1cccc(S(=O)(=O)NCC(O)(c2cccs2)C2CC2)c1. The lowest BCUT2D eigenvalue weighted by molar-refractivity contribution is -0.385. The summed E-state index contributed by atoms with van der Waals surface area (Å²) in [5.74, 6) is 0.0176. The van der Waals surface area contributed by atoms with Crippen LogP contribution in [0.4, 0.5) is 5.69 Å². The molecule has 9 heteroatoms. The maximum Gasteiger partial charge on any atom is 0.270 e. The Morgan fingerprint density at radius 3 is 2.67 bits per heavy atom. The molecule has 1 aromatic carbocycles. The van der Waals surface area contributed by atoms with E-state index in [1.165, 1.54) is 29.5 Å². The number of thiophene rings is 1. The van der Waals surface area contributed by atoms with Crippen LogP contribution in [0.2, 0.25) is 0 Å². The van der Waals surface area contributed by atoms with Gasteiger partial charge in [0, 0.05) is 23.6 Å². The highest BCUT2D eigenvalue weighted by Gasteiger charge is 2.46. The van der Waals surface area contributed by atoms with E-state index in [0.717, 1.165) is 18.9 Å². The molecule has 1 atom stereocenters. The van der Waals surface area contributed by atoms with Gasteiger partial charge in [-0.25, -0.2) is 13.1 Å². The van der Waals surface area contributed by atoms with Crippen molar-refractivity contribution in [1.82, 2.24) is 4.72 Å². The summed E-state index contributed by atoms with van der Waals surface area (Å²) < 4.78 is 27.2. The van der Waals surface area contributed by atoms with Crippen molar-refractivity contribution in [3.05, 3.63) is 56.8 Å². The van der Waals surface area contributed by atoms with E-state index in [0.29, 0.717) is 4.88 Å². The van der Waals surface area contributed by atoms with Crippen LogP contribution in [0.5, 0.6) is 0 Å². The maximum absolute atomic E-state index is 12.4. The molecule has 7 nitrogen and oxygen atoms in total. The summed E-state index contributed by atoms with van der Waals surface area (Å²) in [5, 5.41) is 23.6. The minimum atomic E-state index is -3.96. The Bertz CT molecular complexity index is 847. The summed E-state index contributed by atoms with van der Waals surface area (Å²) >= 11 is 1.38. The molecule has 0 saturated heterocycles. The molecular formula is C15H16N2O5S2. The van der Waals surface area contributed by atoms with E-state index in [1.807, 2.05) is 11.4 Å². The zero-order valence-electron chi connectivity index (χ0n) is 12.6. The average molecular weight is 368 g/mol. The van der Waals surface area contributed by atoms with E-state index in [9.17, 15) is 23.6 Å². The fraction of sp³-hybridized carbons (Fsp3) is 0.333. The van der Waals surface area contributed by atoms with Gasteiger partial charge in [-0.05, 0) is 36.3 Å². The third-order valence-electron chi connectivity index (χ3n) is 4.07. The molecular weight excluding hydrogens is 352 g/mol. The largest absolute Gasteiger partial charge is 0.383 e. The van der Waals surface area contributed by atoms with Crippen LogP contribution in [-0.2, 0) is 15.6 Å². The third-order valence-corrected chi connectivity index (χ3v) is 6.51. The highest BCUT2D eigenvalue weighted by atomic mass is 32.2. The highest BCUT2D eigenvalue weighted by Crippen LogP contribution is 2.46. The number of aliphatic hydroxyl groups is 1. The zero-order valence-corrected chi connectivity index (χ0v) is 14.2. The molecule has 0 aliphatic heterocycles. The van der Waals surface area contributed by atoms with E-state index < -0.39 is 20.5 Å². The molecule has 0 radical (unpaired) electrons. The lowest BCUT2D eigenvalue weighted by Crippen LogP contribution is -2.41. The third kappa shape index (κ3) is 3.34. The minimum Gasteiger partial charge on any atom is -0.383 e. The number of non-ortho nitro benzene ring substituents is 1. The fourth-order valence-electron chi connectivity index (χ4n) is 2.57. The van der Waals surface area contributed by atoms with Gasteiger partial charge < -0.3 is 5.11 Å². The lowest BCUT2D eigenvalue weighted by Gasteiger charge is -2.27. The van der Waals surface area contributed by atoms with Crippen LogP contribution in [0.15, 0.2) is 46.7 Å². The van der Waals surface area contributed by atoms with Gasteiger partial charge in [0.15, 0.2) is 0 Å². The topological polar surface area (TPSA) is 110 Å². The van der Waals surface area contributed by atoms with E-state index in [1.54, 1.807) is 6.07 Å². The molecule has 128 valence electrons. The van der Waals surface area contributed by atoms with Gasteiger partial charge >= 0.3 is 0 Å². The van der Waals surface area contributed by atoms with Crippen LogP contribution in [0.25, 0.3) is 0 Å². The molecule has 1 aliphatic rings. The highest BCUT2D eigenvalue weighted by molar-refractivity contribution is 7.89. The van der Waals surface area contributed by atoms with Crippen molar-refractivity contribution in [1.29, 1.82) is 0 Å². The van der Waals surface area contributed by atoms with Crippen LogP contribution < -0.4 is 4.72 Å². The predicted molar refractivity (Wildman–Crippen MR) is 89.2 cm³/mol. The van der Waals surface area contributed by atoms with Crippen LogP contribution in [0, 0.1) is 16.0 Å². The molecule has 1 fully saturated rings. The van der Waals surface area contributed by atoms with Gasteiger partial charge in [-0.2, -0.15) is 0 Å². The van der Waals surface area contributed by atoms with Crippen LogP contribution in [0.1, 0.15) is 17.7 Å². The number of nitrogens with one attached hydrogen (secondary N) is 1. The number of nitro benzene ring substituents is 1. The van der Waals surface area contributed by atoms with Gasteiger partial charge in [-0.1, -0.05) is 12.1 Å². The lowest BCUT2D eigenvalue weighted by atomic mass is 9.96.